The number of aliphatic imine (C=N–C) groups is 1. The summed E-state index contributed by atoms with van der Waals surface area (Å²) in [5, 5.41) is 0. The third-order valence-electron chi connectivity index (χ3n) is 4.89. The average Bonchev–Trinajstić information content (AvgIpc) is 2.72. The summed E-state index contributed by atoms with van der Waals surface area (Å²) < 4.78 is 5.30. The maximum atomic E-state index is 5.30. The van der Waals surface area contributed by atoms with Gasteiger partial charge in [0.05, 0.1) is 18.8 Å². The molecule has 0 N–H and O–H groups in total. The smallest absolute Gasteiger partial charge is 0.119 e. The van der Waals surface area contributed by atoms with Crippen LogP contribution in [0.1, 0.15) is 23.6 Å². The van der Waals surface area contributed by atoms with E-state index in [1.165, 1.54) is 5.56 Å². The van der Waals surface area contributed by atoms with Crippen molar-refractivity contribution in [1.82, 2.24) is 0 Å². The van der Waals surface area contributed by atoms with E-state index < -0.39 is 0 Å². The lowest BCUT2D eigenvalue weighted by Crippen LogP contribution is -2.46. The molecule has 0 saturated carbocycles. The number of nitrogens with zero attached hydrogens (tertiary/aromatic N) is 2. The van der Waals surface area contributed by atoms with Crippen LogP contribution in [-0.2, 0) is 0 Å². The van der Waals surface area contributed by atoms with Gasteiger partial charge >= 0.3 is 0 Å². The van der Waals surface area contributed by atoms with Gasteiger partial charge in [0.25, 0.3) is 0 Å². The number of benzene rings is 3. The van der Waals surface area contributed by atoms with E-state index in [0.717, 1.165) is 34.9 Å². The number of anilines is 1. The zero-order chi connectivity index (χ0) is 18.6. The Bertz CT molecular complexity index is 944. The van der Waals surface area contributed by atoms with Crippen molar-refractivity contribution in [2.75, 3.05) is 12.0 Å². The van der Waals surface area contributed by atoms with Crippen LogP contribution in [-0.4, -0.2) is 12.9 Å². The molecule has 0 aromatic heterocycles. The van der Waals surface area contributed by atoms with Crippen LogP contribution in [0.4, 0.5) is 11.4 Å². The minimum absolute atomic E-state index is 0.278. The molecule has 1 atom stereocenters. The van der Waals surface area contributed by atoms with E-state index >= 15 is 0 Å². The zero-order valence-electron chi connectivity index (χ0n) is 15.4. The molecule has 1 unspecified atom stereocenters. The Morgan fingerprint density at radius 3 is 2.30 bits per heavy atom. The van der Waals surface area contributed by atoms with E-state index in [1.807, 2.05) is 48.5 Å². The van der Waals surface area contributed by atoms with Crippen molar-refractivity contribution in [2.45, 2.75) is 12.5 Å². The molecule has 134 valence electrons. The summed E-state index contributed by atoms with van der Waals surface area (Å²) in [4.78, 5) is 7.17. The maximum absolute atomic E-state index is 5.30. The topological polar surface area (TPSA) is 24.8 Å². The van der Waals surface area contributed by atoms with Crippen molar-refractivity contribution in [1.29, 1.82) is 0 Å². The molecule has 3 heteroatoms. The number of methoxy groups -OCH3 is 1. The number of amidine groups is 1. The van der Waals surface area contributed by atoms with E-state index in [0.29, 0.717) is 0 Å². The van der Waals surface area contributed by atoms with Crippen LogP contribution in [0.2, 0.25) is 0 Å². The van der Waals surface area contributed by atoms with Gasteiger partial charge in [-0.1, -0.05) is 55.1 Å². The van der Waals surface area contributed by atoms with Gasteiger partial charge in [0.2, 0.25) is 0 Å². The molecule has 1 fully saturated rings. The first-order chi connectivity index (χ1) is 13.3. The fourth-order valence-electron chi connectivity index (χ4n) is 3.37. The minimum atomic E-state index is 0.278. The highest BCUT2D eigenvalue weighted by Gasteiger charge is 2.36. The standard InChI is InChI=1S/C24H22N2O/c1-3-18-9-11-19(12-10-18)23-17-24(25-20-7-5-4-6-8-20)26(23)21-13-15-22(27-2)16-14-21/h3-16,23H,1,17H2,2H3. The van der Waals surface area contributed by atoms with Crippen molar-refractivity contribution in [2.24, 2.45) is 4.99 Å². The van der Waals surface area contributed by atoms with Gasteiger partial charge in [-0.05, 0) is 47.5 Å². The Morgan fingerprint density at radius 1 is 0.963 bits per heavy atom. The summed E-state index contributed by atoms with van der Waals surface area (Å²) in [6.45, 7) is 3.84. The molecule has 1 aliphatic rings. The highest BCUT2D eigenvalue weighted by molar-refractivity contribution is 6.06. The average molecular weight is 354 g/mol. The maximum Gasteiger partial charge on any atom is 0.119 e. The van der Waals surface area contributed by atoms with Gasteiger partial charge in [-0.2, -0.15) is 0 Å². The monoisotopic (exact) mass is 354 g/mol. The van der Waals surface area contributed by atoms with Crippen LogP contribution in [0.15, 0.2) is 90.4 Å². The van der Waals surface area contributed by atoms with Gasteiger partial charge in [-0.3, -0.25) is 0 Å². The third kappa shape index (κ3) is 3.49. The predicted octanol–water partition coefficient (Wildman–Crippen LogP) is 6.02. The molecule has 0 amide bonds. The van der Waals surface area contributed by atoms with E-state index in [2.05, 4.69) is 47.9 Å². The van der Waals surface area contributed by atoms with Gasteiger partial charge < -0.3 is 9.64 Å². The number of hydrogen-bond acceptors (Lipinski definition) is 2. The number of hydrogen-bond donors (Lipinski definition) is 0. The lowest BCUT2D eigenvalue weighted by molar-refractivity contribution is 0.415. The molecular formula is C24H22N2O. The quantitative estimate of drug-likeness (QED) is 0.560. The number of rotatable bonds is 5. The summed E-state index contributed by atoms with van der Waals surface area (Å²) in [6.07, 6.45) is 2.78. The molecule has 0 spiro atoms. The Hall–Kier alpha value is -3.33. The Balaban J connectivity index is 1.68. The van der Waals surface area contributed by atoms with Crippen LogP contribution in [0, 0.1) is 0 Å². The first-order valence-electron chi connectivity index (χ1n) is 9.07. The summed E-state index contributed by atoms with van der Waals surface area (Å²) in [6, 6.07) is 27.1. The predicted molar refractivity (Wildman–Crippen MR) is 113 cm³/mol. The highest BCUT2D eigenvalue weighted by atomic mass is 16.5. The van der Waals surface area contributed by atoms with Crippen molar-refractivity contribution < 1.29 is 4.74 Å². The summed E-state index contributed by atoms with van der Waals surface area (Å²) >= 11 is 0. The SMILES string of the molecule is C=Cc1ccc(C2CC(=Nc3ccccc3)N2c2ccc(OC)cc2)cc1. The van der Waals surface area contributed by atoms with Crippen molar-refractivity contribution >= 4 is 23.3 Å². The largest absolute Gasteiger partial charge is 0.497 e. The molecule has 27 heavy (non-hydrogen) atoms. The van der Waals surface area contributed by atoms with Gasteiger partial charge in [-0.25, -0.2) is 4.99 Å². The van der Waals surface area contributed by atoms with Gasteiger partial charge in [0.1, 0.15) is 11.6 Å². The second kappa shape index (κ2) is 7.50. The van der Waals surface area contributed by atoms with E-state index in [1.54, 1.807) is 7.11 Å². The molecule has 4 rings (SSSR count). The Kier molecular flexibility index (Phi) is 4.75. The first-order valence-corrected chi connectivity index (χ1v) is 9.07. The highest BCUT2D eigenvalue weighted by Crippen LogP contribution is 2.41. The van der Waals surface area contributed by atoms with Crippen LogP contribution in [0.3, 0.4) is 0 Å². The molecule has 1 aliphatic heterocycles. The molecule has 3 aromatic carbocycles. The molecule has 3 aromatic rings. The van der Waals surface area contributed by atoms with Crippen LogP contribution in [0.5, 0.6) is 5.75 Å². The van der Waals surface area contributed by atoms with Crippen LogP contribution in [0.25, 0.3) is 6.08 Å². The lowest BCUT2D eigenvalue weighted by Gasteiger charge is -2.44. The zero-order valence-corrected chi connectivity index (χ0v) is 15.4. The second-order valence-electron chi connectivity index (χ2n) is 6.52. The van der Waals surface area contributed by atoms with Gasteiger partial charge in [0.15, 0.2) is 0 Å². The molecule has 0 bridgehead atoms. The molecule has 3 nitrogen and oxygen atoms in total. The number of para-hydroxylation sites is 1. The molecule has 1 heterocycles. The fraction of sp³-hybridized carbons (Fsp3) is 0.125. The molecule has 1 saturated heterocycles. The van der Waals surface area contributed by atoms with Crippen molar-refractivity contribution in [3.8, 4) is 5.75 Å². The Labute approximate surface area is 160 Å². The van der Waals surface area contributed by atoms with Gasteiger partial charge in [0, 0.05) is 12.1 Å². The van der Waals surface area contributed by atoms with E-state index in [-0.39, 0.29) is 6.04 Å². The molecule has 0 aliphatic carbocycles. The Morgan fingerprint density at radius 2 is 1.67 bits per heavy atom. The summed E-state index contributed by atoms with van der Waals surface area (Å²) in [7, 11) is 1.69. The summed E-state index contributed by atoms with van der Waals surface area (Å²) in [5.41, 5.74) is 4.51. The first kappa shape index (κ1) is 17.1. The van der Waals surface area contributed by atoms with E-state index in [4.69, 9.17) is 9.73 Å². The second-order valence-corrected chi connectivity index (χ2v) is 6.52. The third-order valence-corrected chi connectivity index (χ3v) is 4.89. The summed E-state index contributed by atoms with van der Waals surface area (Å²) in [5.74, 6) is 1.93. The van der Waals surface area contributed by atoms with Crippen LogP contribution < -0.4 is 9.64 Å². The van der Waals surface area contributed by atoms with Crippen LogP contribution >= 0.6 is 0 Å². The van der Waals surface area contributed by atoms with Crippen molar-refractivity contribution in [3.63, 3.8) is 0 Å². The normalized spacial score (nSPS) is 17.4. The number of ether oxygens (including phenoxy) is 1. The molecule has 0 radical (unpaired) electrons. The lowest BCUT2D eigenvalue weighted by atomic mass is 9.91. The van der Waals surface area contributed by atoms with E-state index in [9.17, 15) is 0 Å². The van der Waals surface area contributed by atoms with Crippen molar-refractivity contribution in [3.05, 3.63) is 96.6 Å². The van der Waals surface area contributed by atoms with Gasteiger partial charge in [-0.15, -0.1) is 0 Å². The molecular weight excluding hydrogens is 332 g/mol. The minimum Gasteiger partial charge on any atom is -0.497 e. The fourth-order valence-corrected chi connectivity index (χ4v) is 3.37.